The fourth-order valence-corrected chi connectivity index (χ4v) is 2.16. The third-order valence-electron chi connectivity index (χ3n) is 3.56. The summed E-state index contributed by atoms with van der Waals surface area (Å²) in [4.78, 5) is 4.34. The lowest BCUT2D eigenvalue weighted by atomic mass is 9.98. The van der Waals surface area contributed by atoms with Gasteiger partial charge in [0.1, 0.15) is 5.75 Å². The zero-order valence-electron chi connectivity index (χ0n) is 12.1. The Labute approximate surface area is 120 Å². The second-order valence-corrected chi connectivity index (χ2v) is 4.94. The minimum atomic E-state index is -0.207. The van der Waals surface area contributed by atoms with Crippen LogP contribution in [0.3, 0.4) is 0 Å². The van der Waals surface area contributed by atoms with Crippen LogP contribution in [0.5, 0.6) is 5.75 Å². The van der Waals surface area contributed by atoms with E-state index in [9.17, 15) is 0 Å². The van der Waals surface area contributed by atoms with Gasteiger partial charge in [-0.05, 0) is 36.1 Å². The lowest BCUT2D eigenvalue weighted by molar-refractivity contribution is 0.206. The fraction of sp³-hybridized carbons (Fsp3) is 0.353. The molecule has 3 heteroatoms. The van der Waals surface area contributed by atoms with Crippen molar-refractivity contribution in [3.8, 4) is 5.75 Å². The number of benzene rings is 1. The molecule has 1 heterocycles. The Morgan fingerprint density at radius 3 is 2.55 bits per heavy atom. The maximum atomic E-state index is 6.12. The highest BCUT2D eigenvalue weighted by atomic mass is 16.5. The first-order chi connectivity index (χ1) is 9.76. The van der Waals surface area contributed by atoms with Gasteiger partial charge in [0.15, 0.2) is 6.10 Å². The first-order valence-corrected chi connectivity index (χ1v) is 7.12. The number of hydrogen-bond donors (Lipinski definition) is 1. The average Bonchev–Trinajstić information content (AvgIpc) is 2.53. The number of pyridine rings is 1. The van der Waals surface area contributed by atoms with Gasteiger partial charge in [-0.15, -0.1) is 0 Å². The van der Waals surface area contributed by atoms with Crippen molar-refractivity contribution >= 4 is 0 Å². The average molecular weight is 270 g/mol. The van der Waals surface area contributed by atoms with Gasteiger partial charge in [-0.1, -0.05) is 38.1 Å². The Bertz CT molecular complexity index is 528. The standard InChI is InChI=1S/C17H22N2O/c1-3-13(2)14-8-4-5-10-16(14)20-17(12-18)15-9-6-7-11-19-15/h4-11,13,17H,3,12,18H2,1-2H3. The molecule has 2 aromatic rings. The van der Waals surface area contributed by atoms with Crippen molar-refractivity contribution in [3.63, 3.8) is 0 Å². The first-order valence-electron chi connectivity index (χ1n) is 7.12. The number of aromatic nitrogens is 1. The highest BCUT2D eigenvalue weighted by molar-refractivity contribution is 5.36. The number of hydrogen-bond acceptors (Lipinski definition) is 3. The first kappa shape index (κ1) is 14.5. The predicted octanol–water partition coefficient (Wildman–Crippen LogP) is 3.67. The zero-order chi connectivity index (χ0) is 14.4. The number of nitrogens with two attached hydrogens (primary N) is 1. The van der Waals surface area contributed by atoms with Crippen molar-refractivity contribution in [1.82, 2.24) is 4.98 Å². The largest absolute Gasteiger partial charge is 0.482 e. The van der Waals surface area contributed by atoms with Gasteiger partial charge in [-0.3, -0.25) is 4.98 Å². The van der Waals surface area contributed by atoms with E-state index in [0.717, 1.165) is 17.9 Å². The lowest BCUT2D eigenvalue weighted by Gasteiger charge is -2.21. The van der Waals surface area contributed by atoms with Gasteiger partial charge in [-0.2, -0.15) is 0 Å². The van der Waals surface area contributed by atoms with Crippen LogP contribution in [-0.2, 0) is 0 Å². The fourth-order valence-electron chi connectivity index (χ4n) is 2.16. The Balaban J connectivity index is 2.24. The van der Waals surface area contributed by atoms with Gasteiger partial charge in [0.05, 0.1) is 5.69 Å². The summed E-state index contributed by atoms with van der Waals surface area (Å²) in [7, 11) is 0. The van der Waals surface area contributed by atoms with Crippen molar-refractivity contribution in [2.45, 2.75) is 32.3 Å². The zero-order valence-corrected chi connectivity index (χ0v) is 12.1. The van der Waals surface area contributed by atoms with Crippen molar-refractivity contribution in [2.24, 2.45) is 5.73 Å². The Morgan fingerprint density at radius 2 is 1.90 bits per heavy atom. The molecule has 0 bridgehead atoms. The summed E-state index contributed by atoms with van der Waals surface area (Å²) in [5.41, 5.74) is 7.94. The van der Waals surface area contributed by atoms with Gasteiger partial charge >= 0.3 is 0 Å². The molecule has 0 aliphatic heterocycles. The van der Waals surface area contributed by atoms with Crippen molar-refractivity contribution in [1.29, 1.82) is 0 Å². The van der Waals surface area contributed by atoms with Crippen LogP contribution >= 0.6 is 0 Å². The maximum Gasteiger partial charge on any atom is 0.153 e. The third-order valence-corrected chi connectivity index (χ3v) is 3.56. The lowest BCUT2D eigenvalue weighted by Crippen LogP contribution is -2.20. The van der Waals surface area contributed by atoms with Crippen molar-refractivity contribution in [3.05, 3.63) is 59.9 Å². The summed E-state index contributed by atoms with van der Waals surface area (Å²) in [6, 6.07) is 14.0. The molecule has 0 spiro atoms. The van der Waals surface area contributed by atoms with Crippen LogP contribution in [0.1, 0.15) is 43.5 Å². The number of rotatable bonds is 6. The molecule has 2 unspecified atom stereocenters. The van der Waals surface area contributed by atoms with Crippen molar-refractivity contribution < 1.29 is 4.74 Å². The second-order valence-electron chi connectivity index (χ2n) is 4.94. The number of nitrogens with zero attached hydrogens (tertiary/aromatic N) is 1. The van der Waals surface area contributed by atoms with E-state index in [0.29, 0.717) is 12.5 Å². The topological polar surface area (TPSA) is 48.1 Å². The van der Waals surface area contributed by atoms with E-state index in [2.05, 4.69) is 24.9 Å². The summed E-state index contributed by atoms with van der Waals surface area (Å²) in [6.07, 6.45) is 2.64. The molecule has 0 saturated carbocycles. The normalized spacial score (nSPS) is 13.8. The quantitative estimate of drug-likeness (QED) is 0.871. The third kappa shape index (κ3) is 3.36. The van der Waals surface area contributed by atoms with Gasteiger partial charge < -0.3 is 10.5 Å². The smallest absolute Gasteiger partial charge is 0.153 e. The van der Waals surface area contributed by atoms with Gasteiger partial charge in [0.25, 0.3) is 0 Å². The van der Waals surface area contributed by atoms with Gasteiger partial charge in [-0.25, -0.2) is 0 Å². The van der Waals surface area contributed by atoms with E-state index in [1.807, 2.05) is 36.4 Å². The molecule has 1 aromatic heterocycles. The summed E-state index contributed by atoms with van der Waals surface area (Å²) < 4.78 is 6.12. The Morgan fingerprint density at radius 1 is 1.15 bits per heavy atom. The molecule has 2 N–H and O–H groups in total. The van der Waals surface area contributed by atoms with Gasteiger partial charge in [0.2, 0.25) is 0 Å². The SMILES string of the molecule is CCC(C)c1ccccc1OC(CN)c1ccccn1. The molecule has 0 aliphatic carbocycles. The molecular formula is C17H22N2O. The van der Waals surface area contributed by atoms with E-state index in [1.54, 1.807) is 6.20 Å². The molecule has 106 valence electrons. The number of para-hydroxylation sites is 1. The molecule has 2 atom stereocenters. The molecule has 1 aromatic carbocycles. The van der Waals surface area contributed by atoms with Crippen molar-refractivity contribution in [2.75, 3.05) is 6.54 Å². The van der Waals surface area contributed by atoms with E-state index >= 15 is 0 Å². The highest BCUT2D eigenvalue weighted by Gasteiger charge is 2.16. The van der Waals surface area contributed by atoms with Crippen LogP contribution in [-0.4, -0.2) is 11.5 Å². The predicted molar refractivity (Wildman–Crippen MR) is 81.8 cm³/mol. The number of ether oxygens (including phenoxy) is 1. The molecule has 2 rings (SSSR count). The Kier molecular flexibility index (Phi) is 5.13. The second kappa shape index (κ2) is 7.06. The van der Waals surface area contributed by atoms with E-state index in [1.165, 1.54) is 5.56 Å². The van der Waals surface area contributed by atoms with E-state index < -0.39 is 0 Å². The minimum absolute atomic E-state index is 0.207. The van der Waals surface area contributed by atoms with E-state index in [-0.39, 0.29) is 6.10 Å². The van der Waals surface area contributed by atoms with Crippen LogP contribution in [0.15, 0.2) is 48.7 Å². The van der Waals surface area contributed by atoms with Crippen LogP contribution in [0.2, 0.25) is 0 Å². The molecule has 0 fully saturated rings. The summed E-state index contributed by atoms with van der Waals surface area (Å²) in [5, 5.41) is 0. The summed E-state index contributed by atoms with van der Waals surface area (Å²) in [6.45, 7) is 4.80. The van der Waals surface area contributed by atoms with Gasteiger partial charge in [0, 0.05) is 12.7 Å². The monoisotopic (exact) mass is 270 g/mol. The minimum Gasteiger partial charge on any atom is -0.482 e. The van der Waals surface area contributed by atoms with Crippen LogP contribution in [0.4, 0.5) is 0 Å². The van der Waals surface area contributed by atoms with Crippen LogP contribution in [0.25, 0.3) is 0 Å². The maximum absolute atomic E-state index is 6.12. The van der Waals surface area contributed by atoms with Crippen LogP contribution < -0.4 is 10.5 Å². The molecular weight excluding hydrogens is 248 g/mol. The highest BCUT2D eigenvalue weighted by Crippen LogP contribution is 2.31. The molecule has 0 amide bonds. The molecule has 0 radical (unpaired) electrons. The van der Waals surface area contributed by atoms with E-state index in [4.69, 9.17) is 10.5 Å². The summed E-state index contributed by atoms with van der Waals surface area (Å²) in [5.74, 6) is 1.37. The Hall–Kier alpha value is -1.87. The van der Waals surface area contributed by atoms with Crippen LogP contribution in [0, 0.1) is 0 Å². The molecule has 3 nitrogen and oxygen atoms in total. The molecule has 0 aliphatic rings. The molecule has 0 saturated heterocycles. The molecule has 20 heavy (non-hydrogen) atoms. The summed E-state index contributed by atoms with van der Waals surface area (Å²) >= 11 is 0.